The average molecular weight is 430 g/mol. The zero-order chi connectivity index (χ0) is 22.8. The first-order valence-electron chi connectivity index (χ1n) is 9.76. The maximum Gasteiger partial charge on any atom is 0.271 e. The summed E-state index contributed by atoms with van der Waals surface area (Å²) in [5.74, 6) is -0.602. The number of aromatic hydroxyl groups is 1. The molecule has 0 aliphatic heterocycles. The zero-order valence-corrected chi connectivity index (χ0v) is 17.4. The molecule has 3 aromatic rings. The highest BCUT2D eigenvalue weighted by Gasteiger charge is 2.06. The van der Waals surface area contributed by atoms with Gasteiger partial charge in [0, 0.05) is 16.8 Å². The van der Waals surface area contributed by atoms with E-state index in [1.165, 1.54) is 12.3 Å². The van der Waals surface area contributed by atoms with E-state index < -0.39 is 0 Å². The van der Waals surface area contributed by atoms with E-state index in [0.717, 1.165) is 5.56 Å². The van der Waals surface area contributed by atoms with Crippen LogP contribution >= 0.6 is 0 Å². The highest BCUT2D eigenvalue weighted by Crippen LogP contribution is 2.13. The second-order valence-electron chi connectivity index (χ2n) is 6.70. The number of hydrazone groups is 1. The predicted molar refractivity (Wildman–Crippen MR) is 123 cm³/mol. The van der Waals surface area contributed by atoms with Gasteiger partial charge in [-0.15, -0.1) is 0 Å². The minimum absolute atomic E-state index is 0.0721. The topological polar surface area (TPSA) is 112 Å². The number of amides is 2. The third-order valence-corrected chi connectivity index (χ3v) is 4.35. The second-order valence-corrected chi connectivity index (χ2v) is 6.70. The highest BCUT2D eigenvalue weighted by atomic mass is 16.6. The molecule has 0 saturated heterocycles. The SMILES string of the molecule is CC(=NNC(=O)c1ccccc1)c1ccc(NC(=O)CO/N=C/c2ccccc2O)cc1. The second kappa shape index (κ2) is 11.1. The lowest BCUT2D eigenvalue weighted by Crippen LogP contribution is -2.19. The fourth-order valence-electron chi connectivity index (χ4n) is 2.63. The number of rotatable bonds is 8. The number of phenols is 1. The maximum atomic E-state index is 12.1. The molecule has 0 aromatic heterocycles. The first-order chi connectivity index (χ1) is 15.5. The van der Waals surface area contributed by atoms with E-state index in [0.29, 0.717) is 22.5 Å². The van der Waals surface area contributed by atoms with Crippen LogP contribution in [-0.2, 0) is 9.63 Å². The number of carbonyl (C=O) groups excluding carboxylic acids is 2. The first-order valence-corrected chi connectivity index (χ1v) is 9.76. The Morgan fingerprint density at radius 3 is 2.34 bits per heavy atom. The molecule has 3 aromatic carbocycles. The van der Waals surface area contributed by atoms with Crippen LogP contribution in [0.5, 0.6) is 5.75 Å². The Hall–Kier alpha value is -4.46. The van der Waals surface area contributed by atoms with Gasteiger partial charge in [0.15, 0.2) is 6.61 Å². The average Bonchev–Trinajstić information content (AvgIpc) is 2.82. The molecule has 8 nitrogen and oxygen atoms in total. The van der Waals surface area contributed by atoms with Crippen LogP contribution in [-0.4, -0.2) is 35.5 Å². The van der Waals surface area contributed by atoms with Crippen molar-refractivity contribution in [1.82, 2.24) is 5.43 Å². The lowest BCUT2D eigenvalue weighted by Gasteiger charge is -2.06. The molecule has 32 heavy (non-hydrogen) atoms. The summed E-state index contributed by atoms with van der Waals surface area (Å²) in [5.41, 5.74) is 5.52. The monoisotopic (exact) mass is 430 g/mol. The molecule has 3 N–H and O–H groups in total. The number of nitrogens with one attached hydrogen (secondary N) is 2. The standard InChI is InChI=1S/C24H22N4O4/c1-17(27-28-24(31)19-7-3-2-4-8-19)18-11-13-21(14-12-18)26-23(30)16-32-25-15-20-9-5-6-10-22(20)29/h2-15,29H,16H2,1H3,(H,26,30)(H,28,31)/b25-15+,27-17?. The van der Waals surface area contributed by atoms with Crippen LogP contribution in [0, 0.1) is 0 Å². The van der Waals surface area contributed by atoms with Crippen LogP contribution < -0.4 is 10.7 Å². The highest BCUT2D eigenvalue weighted by molar-refractivity contribution is 6.01. The summed E-state index contributed by atoms with van der Waals surface area (Å²) in [7, 11) is 0. The van der Waals surface area contributed by atoms with E-state index in [4.69, 9.17) is 4.84 Å². The molecule has 0 aliphatic carbocycles. The van der Waals surface area contributed by atoms with Crippen molar-refractivity contribution in [2.75, 3.05) is 11.9 Å². The number of phenolic OH excluding ortho intramolecular Hbond substituents is 1. The molecular formula is C24H22N4O4. The van der Waals surface area contributed by atoms with Gasteiger partial charge < -0.3 is 15.3 Å². The van der Waals surface area contributed by atoms with Crippen molar-refractivity contribution < 1.29 is 19.5 Å². The Labute approximate surface area is 185 Å². The van der Waals surface area contributed by atoms with Crippen molar-refractivity contribution in [3.05, 3.63) is 95.6 Å². The van der Waals surface area contributed by atoms with Crippen molar-refractivity contribution >= 4 is 29.4 Å². The Morgan fingerprint density at radius 2 is 1.62 bits per heavy atom. The predicted octanol–water partition coefficient (Wildman–Crippen LogP) is 3.54. The van der Waals surface area contributed by atoms with Crippen molar-refractivity contribution in [2.45, 2.75) is 6.92 Å². The third kappa shape index (κ3) is 6.53. The van der Waals surface area contributed by atoms with Crippen LogP contribution in [0.4, 0.5) is 5.69 Å². The van der Waals surface area contributed by atoms with Crippen molar-refractivity contribution in [2.24, 2.45) is 10.3 Å². The number of para-hydroxylation sites is 1. The van der Waals surface area contributed by atoms with Gasteiger partial charge in [-0.2, -0.15) is 5.10 Å². The van der Waals surface area contributed by atoms with E-state index in [2.05, 4.69) is 21.0 Å². The molecule has 0 bridgehead atoms. The van der Waals surface area contributed by atoms with Gasteiger partial charge in [0.2, 0.25) is 0 Å². The summed E-state index contributed by atoms with van der Waals surface area (Å²) in [5, 5.41) is 20.1. The van der Waals surface area contributed by atoms with Gasteiger partial charge in [-0.1, -0.05) is 47.6 Å². The number of nitrogens with zero attached hydrogens (tertiary/aromatic N) is 2. The molecule has 0 saturated carbocycles. The van der Waals surface area contributed by atoms with Gasteiger partial charge >= 0.3 is 0 Å². The minimum atomic E-state index is -0.382. The molecule has 0 heterocycles. The Morgan fingerprint density at radius 1 is 0.938 bits per heavy atom. The Kier molecular flexibility index (Phi) is 7.69. The normalized spacial score (nSPS) is 11.2. The van der Waals surface area contributed by atoms with Crippen LogP contribution in [0.1, 0.15) is 28.4 Å². The molecule has 0 fully saturated rings. The van der Waals surface area contributed by atoms with Crippen LogP contribution in [0.3, 0.4) is 0 Å². The summed E-state index contributed by atoms with van der Waals surface area (Å²) in [4.78, 5) is 29.0. The quantitative estimate of drug-likeness (QED) is 0.375. The van der Waals surface area contributed by atoms with E-state index >= 15 is 0 Å². The number of hydrogen-bond acceptors (Lipinski definition) is 6. The van der Waals surface area contributed by atoms with E-state index in [1.54, 1.807) is 73.7 Å². The fraction of sp³-hybridized carbons (Fsp3) is 0.0833. The van der Waals surface area contributed by atoms with Gasteiger partial charge in [0.25, 0.3) is 11.8 Å². The maximum absolute atomic E-state index is 12.1. The lowest BCUT2D eigenvalue weighted by molar-refractivity contribution is -0.120. The molecular weight excluding hydrogens is 408 g/mol. The third-order valence-electron chi connectivity index (χ3n) is 4.35. The summed E-state index contributed by atoms with van der Waals surface area (Å²) < 4.78 is 0. The van der Waals surface area contributed by atoms with Crippen molar-refractivity contribution in [1.29, 1.82) is 0 Å². The molecule has 0 radical (unpaired) electrons. The number of hydrogen-bond donors (Lipinski definition) is 3. The molecule has 3 rings (SSSR count). The van der Waals surface area contributed by atoms with Crippen molar-refractivity contribution in [3.8, 4) is 5.75 Å². The van der Waals surface area contributed by atoms with Gasteiger partial charge in [0.1, 0.15) is 5.75 Å². The van der Waals surface area contributed by atoms with Crippen molar-refractivity contribution in [3.63, 3.8) is 0 Å². The van der Waals surface area contributed by atoms with Gasteiger partial charge in [0.05, 0.1) is 11.9 Å². The lowest BCUT2D eigenvalue weighted by atomic mass is 10.1. The number of carbonyl (C=O) groups is 2. The molecule has 0 aliphatic rings. The van der Waals surface area contributed by atoms with Gasteiger partial charge in [-0.25, -0.2) is 5.43 Å². The Bertz CT molecular complexity index is 1130. The molecule has 0 spiro atoms. The van der Waals surface area contributed by atoms with Gasteiger partial charge in [-0.05, 0) is 48.9 Å². The molecule has 2 amide bonds. The molecule has 0 unspecified atom stereocenters. The summed E-state index contributed by atoms with van der Waals surface area (Å²) in [6.45, 7) is 1.49. The zero-order valence-electron chi connectivity index (χ0n) is 17.4. The van der Waals surface area contributed by atoms with E-state index in [1.807, 2.05) is 6.07 Å². The number of oxime groups is 1. The fourth-order valence-corrected chi connectivity index (χ4v) is 2.63. The molecule has 162 valence electrons. The Balaban J connectivity index is 1.47. The smallest absolute Gasteiger partial charge is 0.271 e. The largest absolute Gasteiger partial charge is 0.507 e. The number of anilines is 1. The van der Waals surface area contributed by atoms with Crippen LogP contribution in [0.25, 0.3) is 0 Å². The first kappa shape index (κ1) is 22.2. The number of benzene rings is 3. The molecule has 8 heteroatoms. The summed E-state index contributed by atoms with van der Waals surface area (Å²) >= 11 is 0. The van der Waals surface area contributed by atoms with E-state index in [9.17, 15) is 14.7 Å². The minimum Gasteiger partial charge on any atom is -0.507 e. The van der Waals surface area contributed by atoms with Gasteiger partial charge in [-0.3, -0.25) is 9.59 Å². The summed E-state index contributed by atoms with van der Waals surface area (Å²) in [6, 6.07) is 22.4. The van der Waals surface area contributed by atoms with E-state index in [-0.39, 0.29) is 24.2 Å². The summed E-state index contributed by atoms with van der Waals surface area (Å²) in [6.07, 6.45) is 1.33. The van der Waals surface area contributed by atoms with Crippen LogP contribution in [0.15, 0.2) is 89.1 Å². The van der Waals surface area contributed by atoms with Crippen LogP contribution in [0.2, 0.25) is 0 Å². The molecule has 0 atom stereocenters.